The molecule has 0 spiro atoms. The Balaban J connectivity index is 3.88. The second-order valence-corrected chi connectivity index (χ2v) is 7.63. The Bertz CT molecular complexity index is 131. The highest BCUT2D eigenvalue weighted by atomic mass is 79.9. The summed E-state index contributed by atoms with van der Waals surface area (Å²) in [5.74, 6) is 0. The minimum Gasteiger partial charge on any atom is -0.355 e. The van der Waals surface area contributed by atoms with E-state index in [1.54, 1.807) is 0 Å². The summed E-state index contributed by atoms with van der Waals surface area (Å²) in [4.78, 5) is 0. The molecule has 0 fully saturated rings. The third-order valence-corrected chi connectivity index (χ3v) is 5.20. The van der Waals surface area contributed by atoms with Gasteiger partial charge < -0.3 is 10.2 Å². The molecule has 2 nitrogen and oxygen atoms in total. The second kappa shape index (κ2) is 5.29. The molecule has 5 heteroatoms. The lowest BCUT2D eigenvalue weighted by molar-refractivity contribution is -0.0750. The van der Waals surface area contributed by atoms with Gasteiger partial charge in [0.05, 0.1) is 0 Å². The van der Waals surface area contributed by atoms with E-state index in [-0.39, 0.29) is 0 Å². The van der Waals surface area contributed by atoms with Gasteiger partial charge in [0, 0.05) is 0 Å². The number of halogens is 3. The lowest BCUT2D eigenvalue weighted by atomic mass is 10.1. The van der Waals surface area contributed by atoms with Crippen LogP contribution in [0.2, 0.25) is 0 Å². The smallest absolute Gasteiger partial charge is 0.247 e. The molecule has 0 atom stereocenters. The summed E-state index contributed by atoms with van der Waals surface area (Å²) in [5, 5.41) is 18.4. The van der Waals surface area contributed by atoms with E-state index in [0.29, 0.717) is 6.42 Å². The molecule has 0 saturated carbocycles. The molecule has 0 unspecified atom stereocenters. The van der Waals surface area contributed by atoms with E-state index in [1.807, 2.05) is 0 Å². The van der Waals surface area contributed by atoms with Gasteiger partial charge in [-0.1, -0.05) is 58.0 Å². The van der Waals surface area contributed by atoms with E-state index in [2.05, 4.69) is 54.7 Å². The molecule has 0 radical (unpaired) electrons. The lowest BCUT2D eigenvalue weighted by Crippen LogP contribution is -2.39. The summed E-state index contributed by atoms with van der Waals surface area (Å²) >= 11 is 9.17. The highest BCUT2D eigenvalue weighted by molar-refractivity contribution is 9.26. The molecule has 0 bridgehead atoms. The van der Waals surface area contributed by atoms with Crippen LogP contribution in [0.3, 0.4) is 0 Å². The number of unbranched alkanes of at least 4 members (excludes halogenated alkanes) is 2. The van der Waals surface area contributed by atoms with E-state index < -0.39 is 7.93 Å². The maximum atomic E-state index is 9.22. The molecule has 0 aromatic heterocycles. The van der Waals surface area contributed by atoms with Crippen molar-refractivity contribution in [3.8, 4) is 0 Å². The summed E-state index contributed by atoms with van der Waals surface area (Å²) in [5.41, 5.74) is 0. The zero-order valence-electron chi connectivity index (χ0n) is 6.86. The van der Waals surface area contributed by atoms with E-state index in [4.69, 9.17) is 0 Å². The van der Waals surface area contributed by atoms with E-state index in [0.717, 1.165) is 19.3 Å². The van der Waals surface area contributed by atoms with Gasteiger partial charge in [0.1, 0.15) is 3.23 Å². The van der Waals surface area contributed by atoms with E-state index in [9.17, 15) is 10.2 Å². The quantitative estimate of drug-likeness (QED) is 0.445. The van der Waals surface area contributed by atoms with Crippen LogP contribution in [0.25, 0.3) is 0 Å². The Morgan fingerprint density at radius 1 is 1.08 bits per heavy atom. The lowest BCUT2D eigenvalue weighted by Gasteiger charge is -2.29. The standard InChI is InChI=1S/C7H13Br3O2/c1-2-3-4-5-6(8,9)7(10,11)12/h11-12H,2-5H2,1H3. The molecule has 0 aliphatic rings. The van der Waals surface area contributed by atoms with Crippen molar-refractivity contribution in [3.63, 3.8) is 0 Å². The van der Waals surface area contributed by atoms with Crippen molar-refractivity contribution in [2.75, 3.05) is 0 Å². The molecule has 12 heavy (non-hydrogen) atoms. The van der Waals surface area contributed by atoms with Gasteiger partial charge >= 0.3 is 0 Å². The largest absolute Gasteiger partial charge is 0.355 e. The van der Waals surface area contributed by atoms with Crippen molar-refractivity contribution >= 4 is 47.8 Å². The van der Waals surface area contributed by atoms with Crippen LogP contribution in [-0.4, -0.2) is 18.1 Å². The SMILES string of the molecule is CCCCCC(Br)(Br)C(O)(O)Br. The summed E-state index contributed by atoms with van der Waals surface area (Å²) in [6, 6.07) is 0. The van der Waals surface area contributed by atoms with Gasteiger partial charge in [-0.3, -0.25) is 0 Å². The number of aliphatic hydroxyl groups is 2. The minimum atomic E-state index is -1.91. The van der Waals surface area contributed by atoms with E-state index in [1.165, 1.54) is 0 Å². The normalized spacial score (nSPS) is 13.5. The first-order valence-corrected chi connectivity index (χ1v) is 6.20. The van der Waals surface area contributed by atoms with E-state index >= 15 is 0 Å². The van der Waals surface area contributed by atoms with Crippen molar-refractivity contribution in [1.29, 1.82) is 0 Å². The Hall–Kier alpha value is 1.36. The molecule has 0 saturated heterocycles. The van der Waals surface area contributed by atoms with Crippen LogP contribution >= 0.6 is 47.8 Å². The number of hydrogen-bond acceptors (Lipinski definition) is 2. The van der Waals surface area contributed by atoms with Crippen molar-refractivity contribution in [3.05, 3.63) is 0 Å². The first-order chi connectivity index (χ1) is 5.31. The van der Waals surface area contributed by atoms with Gasteiger partial charge in [0.25, 0.3) is 0 Å². The first kappa shape index (κ1) is 13.4. The molecule has 74 valence electrons. The molecular formula is C7H13Br3O2. The Labute approximate surface area is 98.1 Å². The van der Waals surface area contributed by atoms with Crippen molar-refractivity contribution in [2.45, 2.75) is 40.5 Å². The summed E-state index contributed by atoms with van der Waals surface area (Å²) in [6.07, 6.45) is 3.80. The molecule has 0 aromatic rings. The summed E-state index contributed by atoms with van der Waals surface area (Å²) in [6.45, 7) is 2.10. The topological polar surface area (TPSA) is 40.5 Å². The van der Waals surface area contributed by atoms with Gasteiger partial charge in [-0.2, -0.15) is 0 Å². The highest BCUT2D eigenvalue weighted by Crippen LogP contribution is 2.44. The van der Waals surface area contributed by atoms with Crippen LogP contribution in [0.1, 0.15) is 32.6 Å². The molecule has 0 amide bonds. The second-order valence-electron chi connectivity index (χ2n) is 2.75. The van der Waals surface area contributed by atoms with Crippen molar-refractivity contribution < 1.29 is 10.2 Å². The van der Waals surface area contributed by atoms with Gasteiger partial charge in [0.15, 0.2) is 0 Å². The minimum absolute atomic E-state index is 0.652. The Morgan fingerprint density at radius 3 is 1.92 bits per heavy atom. The van der Waals surface area contributed by atoms with Gasteiger partial charge in [-0.15, -0.1) is 0 Å². The molecule has 0 aromatic carbocycles. The first-order valence-electron chi connectivity index (χ1n) is 3.82. The van der Waals surface area contributed by atoms with Crippen LogP contribution < -0.4 is 0 Å². The molecular weight excluding hydrogens is 356 g/mol. The van der Waals surface area contributed by atoms with Crippen LogP contribution in [0, 0.1) is 0 Å². The highest BCUT2D eigenvalue weighted by Gasteiger charge is 2.43. The monoisotopic (exact) mass is 366 g/mol. The Kier molecular flexibility index (Phi) is 5.89. The predicted molar refractivity (Wildman–Crippen MR) is 60.8 cm³/mol. The van der Waals surface area contributed by atoms with Crippen LogP contribution in [-0.2, 0) is 0 Å². The molecule has 2 N–H and O–H groups in total. The molecule has 0 rings (SSSR count). The molecule has 0 aliphatic carbocycles. The summed E-state index contributed by atoms with van der Waals surface area (Å²) < 4.78 is -2.77. The van der Waals surface area contributed by atoms with Gasteiger partial charge in [-0.05, 0) is 22.4 Å². The zero-order valence-corrected chi connectivity index (χ0v) is 11.6. The zero-order chi connectivity index (χ0) is 9.83. The third-order valence-electron chi connectivity index (χ3n) is 1.56. The fourth-order valence-corrected chi connectivity index (χ4v) is 1.52. The van der Waals surface area contributed by atoms with Crippen molar-refractivity contribution in [2.24, 2.45) is 0 Å². The number of hydrogen-bond donors (Lipinski definition) is 2. The van der Waals surface area contributed by atoms with Crippen LogP contribution in [0.5, 0.6) is 0 Å². The average Bonchev–Trinajstić information content (AvgIpc) is 1.85. The Morgan fingerprint density at radius 2 is 1.58 bits per heavy atom. The maximum Gasteiger partial charge on any atom is 0.247 e. The number of rotatable bonds is 5. The average molecular weight is 369 g/mol. The maximum absolute atomic E-state index is 9.22. The predicted octanol–water partition coefficient (Wildman–Crippen LogP) is 3.09. The fourth-order valence-electron chi connectivity index (χ4n) is 0.756. The van der Waals surface area contributed by atoms with Gasteiger partial charge in [-0.25, -0.2) is 0 Å². The van der Waals surface area contributed by atoms with Crippen LogP contribution in [0.15, 0.2) is 0 Å². The third kappa shape index (κ3) is 4.56. The number of alkyl halides is 3. The fraction of sp³-hybridized carbons (Fsp3) is 1.00. The molecule has 0 heterocycles. The van der Waals surface area contributed by atoms with Crippen LogP contribution in [0.4, 0.5) is 0 Å². The van der Waals surface area contributed by atoms with Gasteiger partial charge in [0.2, 0.25) is 4.70 Å². The molecule has 0 aliphatic heterocycles. The van der Waals surface area contributed by atoms with Crippen molar-refractivity contribution in [1.82, 2.24) is 0 Å². The summed E-state index contributed by atoms with van der Waals surface area (Å²) in [7, 11) is 0.